The number of hydrogen-bond acceptors (Lipinski definition) is 4. The highest BCUT2D eigenvalue weighted by Gasteiger charge is 2.72. The Hall–Kier alpha value is -1.32. The molecule has 5 fully saturated rings. The summed E-state index contributed by atoms with van der Waals surface area (Å²) in [6.07, 6.45) is 10.2. The molecule has 0 aromatic rings. The van der Waals surface area contributed by atoms with Crippen LogP contribution in [0.4, 0.5) is 0 Å². The van der Waals surface area contributed by atoms with Crippen molar-refractivity contribution < 1.29 is 19.1 Å². The van der Waals surface area contributed by atoms with Crippen LogP contribution in [0.25, 0.3) is 0 Å². The van der Waals surface area contributed by atoms with Gasteiger partial charge in [-0.2, -0.15) is 0 Å². The lowest BCUT2D eigenvalue weighted by atomic mass is 9.32. The average molecular weight is 527 g/mol. The summed E-state index contributed by atoms with van der Waals surface area (Å²) in [5, 5.41) is 0. The van der Waals surface area contributed by atoms with Crippen molar-refractivity contribution in [2.24, 2.45) is 56.7 Å². The minimum Gasteiger partial charge on any atom is -0.462 e. The number of hydrogen-bond donors (Lipinski definition) is 0. The van der Waals surface area contributed by atoms with Crippen molar-refractivity contribution in [2.45, 2.75) is 132 Å². The molecule has 0 heterocycles. The second-order valence-electron chi connectivity index (χ2n) is 16.0. The number of rotatable bonds is 3. The molecule has 0 aromatic heterocycles. The van der Waals surface area contributed by atoms with E-state index in [1.807, 2.05) is 0 Å². The van der Waals surface area contributed by atoms with Crippen molar-refractivity contribution in [1.29, 1.82) is 0 Å². The Bertz CT molecular complexity index is 1010. The molecular weight excluding hydrogens is 472 g/mol. The number of carbonyl (C=O) groups is 2. The van der Waals surface area contributed by atoms with Crippen LogP contribution in [-0.4, -0.2) is 24.1 Å². The maximum Gasteiger partial charge on any atom is 0.302 e. The highest BCUT2D eigenvalue weighted by atomic mass is 16.6. The molecule has 38 heavy (non-hydrogen) atoms. The summed E-state index contributed by atoms with van der Waals surface area (Å²) in [6.45, 7) is 24.7. The van der Waals surface area contributed by atoms with E-state index in [1.165, 1.54) is 57.4 Å². The first-order valence-corrected chi connectivity index (χ1v) is 15.5. The van der Waals surface area contributed by atoms with Gasteiger partial charge in [0.2, 0.25) is 0 Å². The Morgan fingerprint density at radius 3 is 1.95 bits per heavy atom. The molecule has 5 saturated carbocycles. The molecule has 0 aromatic carbocycles. The Kier molecular flexibility index (Phi) is 6.56. The van der Waals surface area contributed by atoms with Gasteiger partial charge in [-0.3, -0.25) is 9.59 Å². The lowest BCUT2D eigenvalue weighted by Gasteiger charge is -2.73. The summed E-state index contributed by atoms with van der Waals surface area (Å²) in [5.74, 6) is 2.48. The van der Waals surface area contributed by atoms with Crippen LogP contribution >= 0.6 is 0 Å². The number of esters is 2. The van der Waals surface area contributed by atoms with E-state index in [0.717, 1.165) is 18.3 Å². The largest absolute Gasteiger partial charge is 0.462 e. The zero-order valence-corrected chi connectivity index (χ0v) is 25.7. The van der Waals surface area contributed by atoms with Gasteiger partial charge < -0.3 is 9.47 Å². The van der Waals surface area contributed by atoms with Gasteiger partial charge >= 0.3 is 11.9 Å². The standard InChI is InChI=1S/C34H54O4/c1-20(2)23-13-15-31(7)17-18-32(8)24(29(23)31)11-12-26-33(32,9)16-14-25-30(5,6)27(37-21(3)35)19-28(34(25,26)10)38-22(4)36/h23-29H,1,11-19H2,2-10H3/t23-,24+,25-,26-,27-,28+,29+,31+,32+,33+,34-/m0/s1. The van der Waals surface area contributed by atoms with Crippen molar-refractivity contribution in [1.82, 2.24) is 0 Å². The van der Waals surface area contributed by atoms with Crippen molar-refractivity contribution in [2.75, 3.05) is 0 Å². The molecule has 0 spiro atoms. The second-order valence-corrected chi connectivity index (χ2v) is 16.0. The molecule has 4 nitrogen and oxygen atoms in total. The van der Waals surface area contributed by atoms with Crippen LogP contribution in [0.1, 0.15) is 120 Å². The fourth-order valence-corrected chi connectivity index (χ4v) is 12.2. The topological polar surface area (TPSA) is 52.6 Å². The maximum absolute atomic E-state index is 12.5. The maximum atomic E-state index is 12.5. The van der Waals surface area contributed by atoms with Gasteiger partial charge in [0.25, 0.3) is 0 Å². The predicted molar refractivity (Wildman–Crippen MR) is 151 cm³/mol. The van der Waals surface area contributed by atoms with Gasteiger partial charge in [0, 0.05) is 31.1 Å². The van der Waals surface area contributed by atoms with E-state index in [0.29, 0.717) is 29.6 Å². The third-order valence-corrected chi connectivity index (χ3v) is 14.1. The number of allylic oxidation sites excluding steroid dienone is 1. The van der Waals surface area contributed by atoms with E-state index >= 15 is 0 Å². The van der Waals surface area contributed by atoms with Gasteiger partial charge in [0.15, 0.2) is 0 Å². The van der Waals surface area contributed by atoms with Gasteiger partial charge in [0.05, 0.1) is 0 Å². The number of carbonyl (C=O) groups excluding carboxylic acids is 2. The third-order valence-electron chi connectivity index (χ3n) is 14.1. The molecule has 0 aliphatic heterocycles. The molecule has 5 aliphatic carbocycles. The zero-order chi connectivity index (χ0) is 28.1. The molecule has 5 aliphatic rings. The third kappa shape index (κ3) is 3.66. The molecule has 0 unspecified atom stereocenters. The highest BCUT2D eigenvalue weighted by molar-refractivity contribution is 5.67. The fraction of sp³-hybridized carbons (Fsp3) is 0.882. The minimum absolute atomic E-state index is 0.142. The normalized spacial score (nSPS) is 51.0. The molecule has 0 saturated heterocycles. The van der Waals surface area contributed by atoms with E-state index in [2.05, 4.69) is 55.0 Å². The van der Waals surface area contributed by atoms with Gasteiger partial charge in [-0.25, -0.2) is 0 Å². The highest BCUT2D eigenvalue weighted by Crippen LogP contribution is 2.77. The lowest BCUT2D eigenvalue weighted by Crippen LogP contribution is -2.70. The van der Waals surface area contributed by atoms with Gasteiger partial charge in [0.1, 0.15) is 12.2 Å². The minimum atomic E-state index is -0.240. The van der Waals surface area contributed by atoms with Crippen LogP contribution in [0.5, 0.6) is 0 Å². The van der Waals surface area contributed by atoms with Crippen molar-refractivity contribution in [3.8, 4) is 0 Å². The monoisotopic (exact) mass is 526 g/mol. The molecule has 11 atom stereocenters. The molecule has 0 amide bonds. The fourth-order valence-electron chi connectivity index (χ4n) is 12.2. The summed E-state index contributed by atoms with van der Waals surface area (Å²) in [6, 6.07) is 0. The summed E-state index contributed by atoms with van der Waals surface area (Å²) in [4.78, 5) is 24.6. The van der Waals surface area contributed by atoms with Crippen molar-refractivity contribution >= 4 is 11.9 Å². The summed E-state index contributed by atoms with van der Waals surface area (Å²) in [7, 11) is 0. The molecule has 0 N–H and O–H groups in total. The SMILES string of the molecule is C=C(C)[C@@H]1CC[C@]2(C)CC[C@]3(C)[C@H](CC[C@@H]4[C@@]5(C)[C@H](OC(C)=O)C[C@H](OC(C)=O)C(C)(C)[C@@H]5CC[C@]43C)[C@@H]12. The lowest BCUT2D eigenvalue weighted by molar-refractivity contribution is -0.278. The van der Waals surface area contributed by atoms with Gasteiger partial charge in [-0.15, -0.1) is 0 Å². The Balaban J connectivity index is 1.57. The van der Waals surface area contributed by atoms with Crippen molar-refractivity contribution in [3.05, 3.63) is 12.2 Å². The van der Waals surface area contributed by atoms with Crippen LogP contribution in [0.2, 0.25) is 0 Å². The Morgan fingerprint density at radius 1 is 0.711 bits per heavy atom. The van der Waals surface area contributed by atoms with Gasteiger partial charge in [-0.05, 0) is 104 Å². The first-order valence-electron chi connectivity index (χ1n) is 15.5. The zero-order valence-electron chi connectivity index (χ0n) is 25.7. The molecule has 5 rings (SSSR count). The average Bonchev–Trinajstić information content (AvgIpc) is 3.15. The number of ether oxygens (including phenoxy) is 2. The van der Waals surface area contributed by atoms with Crippen LogP contribution in [0, 0.1) is 56.7 Å². The molecule has 0 bridgehead atoms. The summed E-state index contributed by atoms with van der Waals surface area (Å²) >= 11 is 0. The molecule has 4 heteroatoms. The second kappa shape index (κ2) is 8.84. The van der Waals surface area contributed by atoms with Crippen LogP contribution < -0.4 is 0 Å². The predicted octanol–water partition coefficient (Wildman–Crippen LogP) is 8.14. The molecule has 0 radical (unpaired) electrons. The molecular formula is C34H54O4. The Morgan fingerprint density at radius 2 is 1.34 bits per heavy atom. The van der Waals surface area contributed by atoms with E-state index in [-0.39, 0.29) is 45.8 Å². The van der Waals surface area contributed by atoms with E-state index in [4.69, 9.17) is 9.47 Å². The summed E-state index contributed by atoms with van der Waals surface area (Å²) < 4.78 is 12.2. The first-order chi connectivity index (χ1) is 17.5. The van der Waals surface area contributed by atoms with Gasteiger partial charge in [-0.1, -0.05) is 53.7 Å². The van der Waals surface area contributed by atoms with Crippen LogP contribution in [-0.2, 0) is 19.1 Å². The smallest absolute Gasteiger partial charge is 0.302 e. The van der Waals surface area contributed by atoms with E-state index < -0.39 is 0 Å². The molecule has 214 valence electrons. The van der Waals surface area contributed by atoms with E-state index in [1.54, 1.807) is 6.92 Å². The Labute approximate surface area is 232 Å². The van der Waals surface area contributed by atoms with E-state index in [9.17, 15) is 9.59 Å². The van der Waals surface area contributed by atoms with Crippen LogP contribution in [0.3, 0.4) is 0 Å². The van der Waals surface area contributed by atoms with Crippen LogP contribution in [0.15, 0.2) is 12.2 Å². The summed E-state index contributed by atoms with van der Waals surface area (Å²) in [5.41, 5.74) is 1.99. The van der Waals surface area contributed by atoms with Crippen molar-refractivity contribution in [3.63, 3.8) is 0 Å². The first kappa shape index (κ1) is 28.2. The quantitative estimate of drug-likeness (QED) is 0.275. The number of fused-ring (bicyclic) bond motifs is 7.